The minimum absolute atomic E-state index is 0.0766. The van der Waals surface area contributed by atoms with Gasteiger partial charge in [-0.3, -0.25) is 9.69 Å². The van der Waals surface area contributed by atoms with Crippen LogP contribution in [0.5, 0.6) is 0 Å². The Hall–Kier alpha value is -0.870. The molecule has 1 N–H and O–H groups in total. The van der Waals surface area contributed by atoms with Crippen molar-refractivity contribution in [2.24, 2.45) is 0 Å². The normalized spacial score (nSPS) is 22.7. The molecule has 0 spiro atoms. The highest BCUT2D eigenvalue weighted by Gasteiger charge is 2.30. The first kappa shape index (κ1) is 10.6. The molecule has 2 aliphatic heterocycles. The van der Waals surface area contributed by atoms with Crippen LogP contribution >= 0.6 is 0 Å². The second kappa shape index (κ2) is 4.33. The van der Waals surface area contributed by atoms with Gasteiger partial charge in [0.2, 0.25) is 5.91 Å². The van der Waals surface area contributed by atoms with Crippen LogP contribution in [-0.2, 0) is 9.53 Å². The highest BCUT2D eigenvalue weighted by Crippen LogP contribution is 2.17. The minimum Gasteiger partial charge on any atom is -0.378 e. The van der Waals surface area contributed by atoms with E-state index in [9.17, 15) is 4.79 Å². The van der Waals surface area contributed by atoms with Gasteiger partial charge in [0.25, 0.3) is 0 Å². The van der Waals surface area contributed by atoms with Crippen molar-refractivity contribution in [1.29, 1.82) is 0 Å². The number of rotatable bonds is 3. The van der Waals surface area contributed by atoms with Crippen LogP contribution in [0, 0.1) is 0 Å². The van der Waals surface area contributed by atoms with Gasteiger partial charge in [-0.1, -0.05) is 6.08 Å². The van der Waals surface area contributed by atoms with Gasteiger partial charge in [-0.05, 0) is 13.8 Å². The van der Waals surface area contributed by atoms with Crippen molar-refractivity contribution in [2.75, 3.05) is 26.3 Å². The molecule has 4 heteroatoms. The van der Waals surface area contributed by atoms with Crippen molar-refractivity contribution in [3.63, 3.8) is 0 Å². The number of carbonyl (C=O) groups excluding carboxylic acids is 1. The third kappa shape index (κ3) is 2.38. The molecule has 2 heterocycles. The van der Waals surface area contributed by atoms with Gasteiger partial charge in [-0.2, -0.15) is 0 Å². The molecule has 15 heavy (non-hydrogen) atoms. The average Bonchev–Trinajstić information content (AvgIpc) is 2.48. The third-order valence-electron chi connectivity index (χ3n) is 2.79. The van der Waals surface area contributed by atoms with E-state index in [0.29, 0.717) is 6.04 Å². The molecule has 0 atom stereocenters. The number of carbonyl (C=O) groups is 1. The van der Waals surface area contributed by atoms with E-state index in [1.54, 1.807) is 0 Å². The molecule has 0 aromatic carbocycles. The van der Waals surface area contributed by atoms with Crippen molar-refractivity contribution < 1.29 is 9.53 Å². The molecule has 0 bridgehead atoms. The molecule has 0 saturated carbocycles. The first-order valence-corrected chi connectivity index (χ1v) is 5.48. The summed E-state index contributed by atoms with van der Waals surface area (Å²) in [6.07, 6.45) is 2.02. The minimum atomic E-state index is 0.0766. The van der Waals surface area contributed by atoms with Crippen molar-refractivity contribution >= 4 is 5.91 Å². The standard InChI is InChI=1S/C11H18N2O2/c1-8(2)12-11(14)9-3-4-13(5-9)10-6-15-7-10/h3,8,10H,4-7H2,1-2H3,(H,12,14). The van der Waals surface area contributed by atoms with Gasteiger partial charge in [0.15, 0.2) is 0 Å². The number of nitrogens with zero attached hydrogens (tertiary/aromatic N) is 1. The molecule has 1 amide bonds. The summed E-state index contributed by atoms with van der Waals surface area (Å²) in [7, 11) is 0. The van der Waals surface area contributed by atoms with E-state index in [-0.39, 0.29) is 11.9 Å². The summed E-state index contributed by atoms with van der Waals surface area (Å²) in [6.45, 7) is 7.23. The Morgan fingerprint density at radius 1 is 1.60 bits per heavy atom. The Morgan fingerprint density at radius 3 is 2.87 bits per heavy atom. The molecule has 2 aliphatic rings. The molecule has 1 saturated heterocycles. The molecular weight excluding hydrogens is 192 g/mol. The lowest BCUT2D eigenvalue weighted by molar-refractivity contribution is -0.118. The maximum atomic E-state index is 11.7. The summed E-state index contributed by atoms with van der Waals surface area (Å²) in [5, 5.41) is 2.92. The Bertz CT molecular complexity index is 282. The predicted octanol–water partition coefficient (Wildman–Crippen LogP) is 0.152. The van der Waals surface area contributed by atoms with Crippen molar-refractivity contribution in [2.45, 2.75) is 25.9 Å². The SMILES string of the molecule is CC(C)NC(=O)C1=CCN(C2COC2)C1. The van der Waals surface area contributed by atoms with Crippen molar-refractivity contribution in [3.8, 4) is 0 Å². The van der Waals surface area contributed by atoms with Gasteiger partial charge in [0, 0.05) is 24.7 Å². The average molecular weight is 210 g/mol. The van der Waals surface area contributed by atoms with Gasteiger partial charge < -0.3 is 10.1 Å². The smallest absolute Gasteiger partial charge is 0.248 e. The maximum Gasteiger partial charge on any atom is 0.248 e. The number of amides is 1. The van der Waals surface area contributed by atoms with Crippen LogP contribution < -0.4 is 5.32 Å². The van der Waals surface area contributed by atoms with Gasteiger partial charge in [0.1, 0.15) is 0 Å². The topological polar surface area (TPSA) is 41.6 Å². The second-order valence-corrected chi connectivity index (χ2v) is 4.48. The van der Waals surface area contributed by atoms with Crippen molar-refractivity contribution in [1.82, 2.24) is 10.2 Å². The molecule has 0 radical (unpaired) electrons. The summed E-state index contributed by atoms with van der Waals surface area (Å²) in [5.74, 6) is 0.0766. The molecule has 4 nitrogen and oxygen atoms in total. The quantitative estimate of drug-likeness (QED) is 0.721. The molecule has 0 aromatic rings. The predicted molar refractivity (Wildman–Crippen MR) is 57.5 cm³/mol. The van der Waals surface area contributed by atoms with E-state index in [0.717, 1.165) is 31.9 Å². The molecule has 0 aromatic heterocycles. The lowest BCUT2D eigenvalue weighted by Crippen LogP contribution is -2.48. The van der Waals surface area contributed by atoms with E-state index in [1.807, 2.05) is 19.9 Å². The van der Waals surface area contributed by atoms with Crippen LogP contribution in [-0.4, -0.2) is 49.2 Å². The summed E-state index contributed by atoms with van der Waals surface area (Å²) in [4.78, 5) is 14.0. The third-order valence-corrected chi connectivity index (χ3v) is 2.79. The first-order chi connectivity index (χ1) is 7.16. The Kier molecular flexibility index (Phi) is 3.07. The highest BCUT2D eigenvalue weighted by molar-refractivity contribution is 5.94. The fourth-order valence-electron chi connectivity index (χ4n) is 1.81. The zero-order valence-corrected chi connectivity index (χ0v) is 9.32. The summed E-state index contributed by atoms with van der Waals surface area (Å²) < 4.78 is 5.14. The summed E-state index contributed by atoms with van der Waals surface area (Å²) in [6, 6.07) is 0.727. The molecule has 84 valence electrons. The number of nitrogens with one attached hydrogen (secondary N) is 1. The van der Waals surface area contributed by atoms with Crippen LogP contribution in [0.4, 0.5) is 0 Å². The molecular formula is C11H18N2O2. The van der Waals surface area contributed by atoms with Crippen LogP contribution in [0.3, 0.4) is 0 Å². The van der Waals surface area contributed by atoms with Crippen LogP contribution in [0.25, 0.3) is 0 Å². The molecule has 0 aliphatic carbocycles. The molecule has 0 unspecified atom stereocenters. The van der Waals surface area contributed by atoms with Gasteiger partial charge in [0.05, 0.1) is 19.3 Å². The maximum absolute atomic E-state index is 11.7. The summed E-state index contributed by atoms with van der Waals surface area (Å²) >= 11 is 0. The number of hydrogen-bond donors (Lipinski definition) is 1. The molecule has 2 rings (SSSR count). The van der Waals surface area contributed by atoms with Gasteiger partial charge in [-0.15, -0.1) is 0 Å². The van der Waals surface area contributed by atoms with Gasteiger partial charge in [-0.25, -0.2) is 0 Å². The Morgan fingerprint density at radius 2 is 2.33 bits per heavy atom. The fourth-order valence-corrected chi connectivity index (χ4v) is 1.81. The van der Waals surface area contributed by atoms with Crippen LogP contribution in [0.1, 0.15) is 13.8 Å². The summed E-state index contributed by atoms with van der Waals surface area (Å²) in [5.41, 5.74) is 0.899. The lowest BCUT2D eigenvalue weighted by atomic mass is 10.2. The Balaban J connectivity index is 1.82. The van der Waals surface area contributed by atoms with E-state index < -0.39 is 0 Å². The largest absolute Gasteiger partial charge is 0.378 e. The van der Waals surface area contributed by atoms with Gasteiger partial charge >= 0.3 is 0 Å². The van der Waals surface area contributed by atoms with Crippen molar-refractivity contribution in [3.05, 3.63) is 11.6 Å². The van der Waals surface area contributed by atoms with Crippen LogP contribution in [0.2, 0.25) is 0 Å². The second-order valence-electron chi connectivity index (χ2n) is 4.48. The fraction of sp³-hybridized carbons (Fsp3) is 0.727. The number of ether oxygens (including phenoxy) is 1. The van der Waals surface area contributed by atoms with E-state index in [2.05, 4.69) is 10.2 Å². The zero-order valence-electron chi connectivity index (χ0n) is 9.32. The van der Waals surface area contributed by atoms with E-state index >= 15 is 0 Å². The number of hydrogen-bond acceptors (Lipinski definition) is 3. The molecule has 1 fully saturated rings. The highest BCUT2D eigenvalue weighted by atomic mass is 16.5. The van der Waals surface area contributed by atoms with Crippen LogP contribution in [0.15, 0.2) is 11.6 Å². The van der Waals surface area contributed by atoms with E-state index in [4.69, 9.17) is 4.74 Å². The zero-order chi connectivity index (χ0) is 10.8. The monoisotopic (exact) mass is 210 g/mol. The lowest BCUT2D eigenvalue weighted by Gasteiger charge is -2.34. The Labute approximate surface area is 90.3 Å². The van der Waals surface area contributed by atoms with E-state index in [1.165, 1.54) is 0 Å². The first-order valence-electron chi connectivity index (χ1n) is 5.48.